The molecular weight excluding hydrogens is 669 g/mol. The third kappa shape index (κ3) is 12.7. The van der Waals surface area contributed by atoms with Crippen LogP contribution in [0.3, 0.4) is 0 Å². The molecule has 51 heavy (non-hydrogen) atoms. The number of benzene rings is 3. The molecule has 0 radical (unpaired) electrons. The lowest BCUT2D eigenvalue weighted by atomic mass is 10.0. The number of amides is 1. The third-order valence-corrected chi connectivity index (χ3v) is 9.70. The smallest absolute Gasteiger partial charge is 0.335 e. The Balaban J connectivity index is 1.39. The van der Waals surface area contributed by atoms with Gasteiger partial charge in [-0.15, -0.1) is 0 Å². The normalized spacial score (nSPS) is 14.7. The summed E-state index contributed by atoms with van der Waals surface area (Å²) in [6, 6.07) is 17.3. The predicted octanol–water partition coefficient (Wildman–Crippen LogP) is 10.5. The summed E-state index contributed by atoms with van der Waals surface area (Å²) in [5.41, 5.74) is 0.870. The zero-order valence-electron chi connectivity index (χ0n) is 29.5. The summed E-state index contributed by atoms with van der Waals surface area (Å²) in [5.74, 6) is -1.42. The van der Waals surface area contributed by atoms with Crippen molar-refractivity contribution < 1.29 is 32.4 Å². The molecule has 0 saturated heterocycles. The molecule has 12 heteroatoms. The van der Waals surface area contributed by atoms with E-state index in [-0.39, 0.29) is 22.7 Å². The summed E-state index contributed by atoms with van der Waals surface area (Å²) in [7, 11) is -4.75. The number of hydrogen-bond donors (Lipinski definition) is 2. The van der Waals surface area contributed by atoms with Crippen molar-refractivity contribution in [2.45, 2.75) is 121 Å². The van der Waals surface area contributed by atoms with Crippen molar-refractivity contribution in [2.24, 2.45) is 15.3 Å². The summed E-state index contributed by atoms with van der Waals surface area (Å²) >= 11 is 0. The van der Waals surface area contributed by atoms with Gasteiger partial charge in [0.2, 0.25) is 0 Å². The van der Waals surface area contributed by atoms with Gasteiger partial charge in [-0.05, 0) is 61.4 Å². The highest BCUT2D eigenvalue weighted by atomic mass is 32.2. The molecule has 2 N–H and O–H groups in total. The molecule has 0 aromatic heterocycles. The molecule has 3 aromatic rings. The first-order chi connectivity index (χ1) is 24.7. The van der Waals surface area contributed by atoms with Gasteiger partial charge in [0.05, 0.1) is 22.6 Å². The minimum absolute atomic E-state index is 0.0353. The van der Waals surface area contributed by atoms with Crippen LogP contribution in [0.2, 0.25) is 0 Å². The van der Waals surface area contributed by atoms with Crippen molar-refractivity contribution in [1.29, 1.82) is 0 Å². The lowest BCUT2D eigenvalue weighted by Crippen LogP contribution is -2.30. The predicted molar refractivity (Wildman–Crippen MR) is 199 cm³/mol. The Bertz CT molecular complexity index is 1750. The zero-order valence-corrected chi connectivity index (χ0v) is 30.3. The van der Waals surface area contributed by atoms with E-state index in [1.54, 1.807) is 42.5 Å². The Morgan fingerprint density at radius 3 is 2.00 bits per heavy atom. The minimum Gasteiger partial charge on any atom is -0.478 e. The Morgan fingerprint density at radius 2 is 1.41 bits per heavy atom. The minimum atomic E-state index is -4.75. The Hall–Kier alpha value is -4.42. The lowest BCUT2D eigenvalue weighted by Gasteiger charge is -2.15. The van der Waals surface area contributed by atoms with Gasteiger partial charge in [-0.2, -0.15) is 28.8 Å². The number of nitrogens with zero attached hydrogens (tertiary/aromatic N) is 4. The summed E-state index contributed by atoms with van der Waals surface area (Å²) in [6.07, 6.45) is 18.9. The van der Waals surface area contributed by atoms with E-state index in [0.717, 1.165) is 36.8 Å². The van der Waals surface area contributed by atoms with Gasteiger partial charge < -0.3 is 9.84 Å². The molecule has 0 saturated carbocycles. The second-order valence-corrected chi connectivity index (χ2v) is 14.3. The van der Waals surface area contributed by atoms with Crippen molar-refractivity contribution in [1.82, 2.24) is 0 Å². The van der Waals surface area contributed by atoms with E-state index in [9.17, 15) is 27.7 Å². The van der Waals surface area contributed by atoms with Crippen LogP contribution in [-0.2, 0) is 14.9 Å². The van der Waals surface area contributed by atoms with E-state index >= 15 is 0 Å². The number of carbonyl (C=O) groups excluding carboxylic acids is 1. The standard InChI is InChI=1S/C39H50N4O7S/c1-2-3-4-5-6-7-8-9-10-11-12-13-14-15-19-25-34-37(41-40-31-22-20-21-30(28-31)39(45)46)38(44)43(42-34)32-26-27-35(36(29-32)51(47,48)49)50-33-23-17-16-18-24-33/h16-18,20-24,26-29,37H,2-15,19,25H2,1H3,(H,45,46)(H,47,48,49)/t37-/m0/s1. The molecule has 4 rings (SSSR count). The van der Waals surface area contributed by atoms with Crippen molar-refractivity contribution in [3.8, 4) is 11.5 Å². The van der Waals surface area contributed by atoms with Crippen LogP contribution in [0.25, 0.3) is 0 Å². The zero-order chi connectivity index (χ0) is 36.5. The maximum Gasteiger partial charge on any atom is 0.335 e. The second-order valence-electron chi connectivity index (χ2n) is 12.9. The Morgan fingerprint density at radius 1 is 0.804 bits per heavy atom. The fourth-order valence-corrected chi connectivity index (χ4v) is 6.65. The number of anilines is 1. The topological polar surface area (TPSA) is 158 Å². The number of unbranched alkanes of at least 4 members (excludes halogenated alkanes) is 14. The highest BCUT2D eigenvalue weighted by molar-refractivity contribution is 7.86. The van der Waals surface area contributed by atoms with Gasteiger partial charge in [0.25, 0.3) is 16.0 Å². The third-order valence-electron chi connectivity index (χ3n) is 8.83. The molecule has 1 aliphatic heterocycles. The molecular formula is C39H50N4O7S. The number of ether oxygens (including phenoxy) is 1. The first kappa shape index (κ1) is 39.4. The van der Waals surface area contributed by atoms with E-state index in [0.29, 0.717) is 17.9 Å². The SMILES string of the molecule is CCCCCCCCCCCCCCCCCC1=NN(c2ccc(Oc3ccccc3)c(S(=O)(=O)O)c2)C(=O)[C@H]1N=Nc1cccc(C(=O)O)c1. The lowest BCUT2D eigenvalue weighted by molar-refractivity contribution is -0.117. The number of hydrogen-bond acceptors (Lipinski definition) is 8. The van der Waals surface area contributed by atoms with Crippen LogP contribution in [0.5, 0.6) is 11.5 Å². The van der Waals surface area contributed by atoms with Gasteiger partial charge in [0.15, 0.2) is 6.04 Å². The van der Waals surface area contributed by atoms with Gasteiger partial charge in [0, 0.05) is 0 Å². The van der Waals surface area contributed by atoms with Gasteiger partial charge in [0.1, 0.15) is 16.4 Å². The number of rotatable bonds is 23. The quantitative estimate of drug-likeness (QED) is 0.0561. The molecule has 1 heterocycles. The number of carboxylic acid groups (broad SMARTS) is 1. The van der Waals surface area contributed by atoms with Crippen LogP contribution >= 0.6 is 0 Å². The van der Waals surface area contributed by atoms with E-state index in [1.807, 2.05) is 0 Å². The first-order valence-corrected chi connectivity index (χ1v) is 19.6. The van der Waals surface area contributed by atoms with E-state index in [4.69, 9.17) is 4.74 Å². The molecule has 274 valence electrons. The van der Waals surface area contributed by atoms with E-state index < -0.39 is 32.9 Å². The maximum absolute atomic E-state index is 13.7. The summed E-state index contributed by atoms with van der Waals surface area (Å²) < 4.78 is 40.5. The number of carbonyl (C=O) groups is 2. The fraction of sp³-hybridized carbons (Fsp3) is 0.462. The summed E-state index contributed by atoms with van der Waals surface area (Å²) in [4.78, 5) is 24.6. The van der Waals surface area contributed by atoms with Crippen LogP contribution in [-0.4, -0.2) is 41.7 Å². The first-order valence-electron chi connectivity index (χ1n) is 18.2. The Kier molecular flexibility index (Phi) is 15.8. The number of azo groups is 1. The van der Waals surface area contributed by atoms with Gasteiger partial charge in [-0.25, -0.2) is 4.79 Å². The van der Waals surface area contributed by atoms with Gasteiger partial charge >= 0.3 is 5.97 Å². The maximum atomic E-state index is 13.7. The van der Waals surface area contributed by atoms with Gasteiger partial charge in [-0.1, -0.05) is 121 Å². The van der Waals surface area contributed by atoms with Crippen LogP contribution < -0.4 is 9.75 Å². The summed E-state index contributed by atoms with van der Waals surface area (Å²) in [5, 5.41) is 23.4. The molecule has 3 aromatic carbocycles. The van der Waals surface area contributed by atoms with Crippen molar-refractivity contribution >= 4 is 39.1 Å². The number of para-hydroxylation sites is 1. The second kappa shape index (κ2) is 20.4. The molecule has 1 amide bonds. The number of carboxylic acids is 1. The Labute approximate surface area is 301 Å². The monoisotopic (exact) mass is 718 g/mol. The molecule has 0 aliphatic carbocycles. The number of aromatic carboxylic acids is 1. The van der Waals surface area contributed by atoms with E-state index in [2.05, 4.69) is 22.3 Å². The van der Waals surface area contributed by atoms with Crippen molar-refractivity contribution in [3.05, 3.63) is 78.4 Å². The molecule has 11 nitrogen and oxygen atoms in total. The highest BCUT2D eigenvalue weighted by Crippen LogP contribution is 2.34. The summed E-state index contributed by atoms with van der Waals surface area (Å²) in [6.45, 7) is 2.25. The van der Waals surface area contributed by atoms with Gasteiger partial charge in [-0.3, -0.25) is 9.35 Å². The van der Waals surface area contributed by atoms with Crippen molar-refractivity contribution in [3.63, 3.8) is 0 Å². The van der Waals surface area contributed by atoms with Crippen LogP contribution in [0.15, 0.2) is 93.0 Å². The molecule has 1 atom stereocenters. The van der Waals surface area contributed by atoms with Crippen LogP contribution in [0.1, 0.15) is 120 Å². The molecule has 1 aliphatic rings. The average Bonchev–Trinajstić information content (AvgIpc) is 3.43. The van der Waals surface area contributed by atoms with Crippen LogP contribution in [0.4, 0.5) is 11.4 Å². The number of hydrazone groups is 1. The fourth-order valence-electron chi connectivity index (χ4n) is 6.01. The molecule has 0 bridgehead atoms. The van der Waals surface area contributed by atoms with Crippen molar-refractivity contribution in [2.75, 3.05) is 5.01 Å². The molecule has 0 unspecified atom stereocenters. The largest absolute Gasteiger partial charge is 0.478 e. The van der Waals surface area contributed by atoms with E-state index in [1.165, 1.54) is 94.9 Å². The highest BCUT2D eigenvalue weighted by Gasteiger charge is 2.37. The van der Waals surface area contributed by atoms with Crippen LogP contribution in [0, 0.1) is 0 Å². The molecule has 0 spiro atoms. The molecule has 0 fully saturated rings. The average molecular weight is 719 g/mol.